The van der Waals surface area contributed by atoms with Crippen LogP contribution in [0.5, 0.6) is 0 Å². The van der Waals surface area contributed by atoms with Crippen LogP contribution in [0.4, 0.5) is 4.79 Å². The lowest BCUT2D eigenvalue weighted by molar-refractivity contribution is -0.142. The maximum absolute atomic E-state index is 12.7. The van der Waals surface area contributed by atoms with Gasteiger partial charge in [-0.3, -0.25) is 4.79 Å². The molecule has 3 unspecified atom stereocenters. The second kappa shape index (κ2) is 10.1. The minimum Gasteiger partial charge on any atom is -0.479 e. The Morgan fingerprint density at radius 2 is 1.56 bits per heavy atom. The van der Waals surface area contributed by atoms with E-state index in [0.29, 0.717) is 4.88 Å². The maximum atomic E-state index is 12.7. The lowest BCUT2D eigenvalue weighted by Gasteiger charge is -2.23. The summed E-state index contributed by atoms with van der Waals surface area (Å²) in [5.41, 5.74) is 4.52. The number of hydrogen-bond acceptors (Lipinski definition) is 5. The fourth-order valence-corrected chi connectivity index (χ4v) is 4.93. The van der Waals surface area contributed by atoms with Crippen LogP contribution >= 0.6 is 11.3 Å². The normalized spacial score (nSPS) is 14.9. The second-order valence-corrected chi connectivity index (χ2v) is 9.32. The number of thiophene rings is 1. The number of ether oxygens (including phenoxy) is 1. The molecular weight excluding hydrogens is 452 g/mol. The highest BCUT2D eigenvalue weighted by atomic mass is 32.1. The van der Waals surface area contributed by atoms with Crippen LogP contribution in [0.3, 0.4) is 0 Å². The van der Waals surface area contributed by atoms with Crippen molar-refractivity contribution in [2.45, 2.75) is 31.8 Å². The molecule has 0 spiro atoms. The van der Waals surface area contributed by atoms with Crippen molar-refractivity contribution in [3.63, 3.8) is 0 Å². The highest BCUT2D eigenvalue weighted by Crippen LogP contribution is 2.44. The quantitative estimate of drug-likeness (QED) is 0.440. The summed E-state index contributed by atoms with van der Waals surface area (Å²) in [7, 11) is 0. The fourth-order valence-electron chi connectivity index (χ4n) is 4.16. The van der Waals surface area contributed by atoms with Crippen molar-refractivity contribution >= 4 is 29.3 Å². The summed E-state index contributed by atoms with van der Waals surface area (Å²) in [6.07, 6.45) is -0.623. The smallest absolute Gasteiger partial charge is 0.407 e. The molecule has 8 heteroatoms. The molecule has 0 radical (unpaired) electrons. The van der Waals surface area contributed by atoms with Crippen molar-refractivity contribution in [1.29, 1.82) is 0 Å². The average molecular weight is 479 g/mol. The Hall–Kier alpha value is -3.65. The Kier molecular flexibility index (Phi) is 6.98. The van der Waals surface area contributed by atoms with Gasteiger partial charge in [0.25, 0.3) is 0 Å². The van der Waals surface area contributed by atoms with E-state index in [0.717, 1.165) is 22.3 Å². The molecule has 0 saturated heterocycles. The Balaban J connectivity index is 1.34. The third-order valence-corrected chi connectivity index (χ3v) is 7.15. The number of carbonyl (C=O) groups excluding carboxylic acids is 2. The predicted molar refractivity (Wildman–Crippen MR) is 130 cm³/mol. The van der Waals surface area contributed by atoms with Gasteiger partial charge >= 0.3 is 12.1 Å². The van der Waals surface area contributed by atoms with E-state index < -0.39 is 36.0 Å². The van der Waals surface area contributed by atoms with Crippen molar-refractivity contribution in [2.75, 3.05) is 6.61 Å². The van der Waals surface area contributed by atoms with Gasteiger partial charge in [0.1, 0.15) is 6.61 Å². The first-order chi connectivity index (χ1) is 16.4. The topological polar surface area (TPSA) is 105 Å². The molecule has 2 amide bonds. The minimum absolute atomic E-state index is 0.0590. The van der Waals surface area contributed by atoms with Gasteiger partial charge in [-0.15, -0.1) is 11.3 Å². The summed E-state index contributed by atoms with van der Waals surface area (Å²) < 4.78 is 5.54. The van der Waals surface area contributed by atoms with Gasteiger partial charge in [0.2, 0.25) is 5.91 Å². The fraction of sp³-hybridized carbons (Fsp3) is 0.269. The molecule has 3 aromatic rings. The Morgan fingerprint density at radius 3 is 2.12 bits per heavy atom. The number of benzene rings is 2. The molecule has 34 heavy (non-hydrogen) atoms. The maximum Gasteiger partial charge on any atom is 0.407 e. The number of fused-ring (bicyclic) bond motifs is 3. The molecular formula is C26H26N2O5S. The van der Waals surface area contributed by atoms with Gasteiger partial charge < -0.3 is 20.5 Å². The number of carboxylic acids is 1. The highest BCUT2D eigenvalue weighted by molar-refractivity contribution is 7.10. The van der Waals surface area contributed by atoms with Gasteiger partial charge in [0, 0.05) is 16.8 Å². The van der Waals surface area contributed by atoms with Gasteiger partial charge in [-0.25, -0.2) is 9.59 Å². The molecule has 3 atom stereocenters. The van der Waals surface area contributed by atoms with Crippen LogP contribution in [0, 0.1) is 5.92 Å². The van der Waals surface area contributed by atoms with E-state index in [4.69, 9.17) is 4.74 Å². The summed E-state index contributed by atoms with van der Waals surface area (Å²) >= 11 is 1.26. The summed E-state index contributed by atoms with van der Waals surface area (Å²) in [5, 5.41) is 16.5. The highest BCUT2D eigenvalue weighted by Gasteiger charge is 2.31. The van der Waals surface area contributed by atoms with E-state index in [9.17, 15) is 19.5 Å². The Morgan fingerprint density at radius 1 is 0.941 bits per heavy atom. The summed E-state index contributed by atoms with van der Waals surface area (Å²) in [6, 6.07) is 17.9. The number of carbonyl (C=O) groups is 3. The van der Waals surface area contributed by atoms with Crippen LogP contribution in [-0.4, -0.2) is 35.7 Å². The number of amides is 2. The van der Waals surface area contributed by atoms with Crippen LogP contribution in [0.15, 0.2) is 66.0 Å². The number of nitrogens with one attached hydrogen (secondary N) is 2. The van der Waals surface area contributed by atoms with Crippen LogP contribution < -0.4 is 10.6 Å². The largest absolute Gasteiger partial charge is 0.479 e. The Labute approximate surface area is 201 Å². The zero-order valence-corrected chi connectivity index (χ0v) is 19.7. The molecule has 1 aliphatic carbocycles. The van der Waals surface area contributed by atoms with Crippen molar-refractivity contribution in [1.82, 2.24) is 10.6 Å². The first-order valence-corrected chi connectivity index (χ1v) is 11.9. The number of aliphatic carboxylic acids is 1. The van der Waals surface area contributed by atoms with Crippen LogP contribution in [-0.2, 0) is 14.3 Å². The van der Waals surface area contributed by atoms with E-state index in [1.165, 1.54) is 11.3 Å². The first kappa shape index (κ1) is 23.5. The van der Waals surface area contributed by atoms with Crippen molar-refractivity contribution in [2.24, 2.45) is 5.92 Å². The van der Waals surface area contributed by atoms with Crippen molar-refractivity contribution in [3.8, 4) is 11.1 Å². The standard InChI is InChI=1S/C26H26N2O5S/c1-15(24(29)28-23(25(30)31)22-12-7-13-34-22)16(2)27-26(32)33-14-21-19-10-5-3-8-17(19)18-9-4-6-11-20(18)21/h3-13,15-16,21,23H,14H2,1-2H3,(H,27,32)(H,28,29)(H,30,31). The van der Waals surface area contributed by atoms with E-state index in [2.05, 4.69) is 22.8 Å². The number of carboxylic acid groups (broad SMARTS) is 1. The lowest BCUT2D eigenvalue weighted by atomic mass is 9.98. The predicted octanol–water partition coefficient (Wildman–Crippen LogP) is 4.55. The Bertz CT molecular complexity index is 1150. The second-order valence-electron chi connectivity index (χ2n) is 8.34. The molecule has 7 nitrogen and oxygen atoms in total. The third kappa shape index (κ3) is 4.82. The average Bonchev–Trinajstić information content (AvgIpc) is 3.47. The van der Waals surface area contributed by atoms with Gasteiger partial charge in [-0.05, 0) is 40.6 Å². The van der Waals surface area contributed by atoms with E-state index >= 15 is 0 Å². The SMILES string of the molecule is CC(NC(=O)OCC1c2ccccc2-c2ccccc21)C(C)C(=O)NC(C(=O)O)c1cccs1. The summed E-state index contributed by atoms with van der Waals surface area (Å²) in [4.78, 5) is 37.3. The van der Waals surface area contributed by atoms with Crippen LogP contribution in [0.2, 0.25) is 0 Å². The minimum atomic E-state index is -1.14. The molecule has 2 aromatic carbocycles. The summed E-state index contributed by atoms with van der Waals surface area (Å²) in [6.45, 7) is 3.50. The number of rotatable bonds is 8. The molecule has 0 aliphatic heterocycles. The molecule has 1 heterocycles. The number of alkyl carbamates (subject to hydrolysis) is 1. The summed E-state index contributed by atoms with van der Waals surface area (Å²) in [5.74, 6) is -2.33. The zero-order chi connectivity index (χ0) is 24.2. The van der Waals surface area contributed by atoms with E-state index in [1.54, 1.807) is 31.4 Å². The molecule has 1 aromatic heterocycles. The molecule has 3 N–H and O–H groups in total. The monoisotopic (exact) mass is 478 g/mol. The lowest BCUT2D eigenvalue weighted by Crippen LogP contribution is -2.46. The van der Waals surface area contributed by atoms with Gasteiger partial charge in [-0.1, -0.05) is 61.5 Å². The van der Waals surface area contributed by atoms with E-state index in [1.807, 2.05) is 36.4 Å². The van der Waals surface area contributed by atoms with Crippen molar-refractivity contribution in [3.05, 3.63) is 82.0 Å². The van der Waals surface area contributed by atoms with Crippen LogP contribution in [0.25, 0.3) is 11.1 Å². The van der Waals surface area contributed by atoms with Crippen LogP contribution in [0.1, 0.15) is 41.8 Å². The number of hydrogen-bond donors (Lipinski definition) is 3. The van der Waals surface area contributed by atoms with Gasteiger partial charge in [0.05, 0.1) is 5.92 Å². The molecule has 0 saturated carbocycles. The van der Waals surface area contributed by atoms with Crippen molar-refractivity contribution < 1.29 is 24.2 Å². The molecule has 176 valence electrons. The zero-order valence-electron chi connectivity index (χ0n) is 18.9. The molecule has 0 fully saturated rings. The third-order valence-electron chi connectivity index (χ3n) is 6.21. The first-order valence-electron chi connectivity index (χ1n) is 11.0. The molecule has 0 bridgehead atoms. The molecule has 1 aliphatic rings. The van der Waals surface area contributed by atoms with Gasteiger partial charge in [0.15, 0.2) is 6.04 Å². The van der Waals surface area contributed by atoms with Gasteiger partial charge in [-0.2, -0.15) is 0 Å². The van der Waals surface area contributed by atoms with E-state index in [-0.39, 0.29) is 12.5 Å². The molecule has 4 rings (SSSR count).